The van der Waals surface area contributed by atoms with Crippen LogP contribution in [0.2, 0.25) is 0 Å². The van der Waals surface area contributed by atoms with Gasteiger partial charge in [-0.3, -0.25) is 4.99 Å². The van der Waals surface area contributed by atoms with Crippen LogP contribution in [0.15, 0.2) is 58.4 Å². The molecule has 1 atom stereocenters. The quantitative estimate of drug-likeness (QED) is 0.196. The summed E-state index contributed by atoms with van der Waals surface area (Å²) < 4.78 is 28.3. The van der Waals surface area contributed by atoms with Crippen molar-refractivity contribution in [1.29, 1.82) is 0 Å². The summed E-state index contributed by atoms with van der Waals surface area (Å²) in [6.07, 6.45) is 0.0462. The molecule has 0 amide bonds. The zero-order valence-corrected chi connectivity index (χ0v) is 21.8. The number of aliphatic hydroxyl groups excluding tert-OH is 1. The van der Waals surface area contributed by atoms with Crippen LogP contribution in [-0.4, -0.2) is 45.2 Å². The molecule has 2 rings (SSSR count). The summed E-state index contributed by atoms with van der Waals surface area (Å²) in [6.45, 7) is 7.39. The Kier molecular flexibility index (Phi) is 12.0. The van der Waals surface area contributed by atoms with Crippen LogP contribution in [0.1, 0.15) is 38.0 Å². The van der Waals surface area contributed by atoms with Crippen LogP contribution in [0.25, 0.3) is 0 Å². The van der Waals surface area contributed by atoms with Gasteiger partial charge in [-0.05, 0) is 62.6 Å². The molecule has 0 aliphatic heterocycles. The maximum atomic E-state index is 11.3. The van der Waals surface area contributed by atoms with E-state index in [1.807, 2.05) is 45.0 Å². The summed E-state index contributed by atoms with van der Waals surface area (Å²) in [7, 11) is -3.68. The van der Waals surface area contributed by atoms with E-state index >= 15 is 0 Å². The number of halogens is 1. The third-order valence-electron chi connectivity index (χ3n) is 4.36. The minimum absolute atomic E-state index is 0. The second kappa shape index (κ2) is 13.6. The van der Waals surface area contributed by atoms with Gasteiger partial charge < -0.3 is 20.5 Å². The van der Waals surface area contributed by atoms with E-state index in [0.29, 0.717) is 25.5 Å². The van der Waals surface area contributed by atoms with Gasteiger partial charge in [-0.1, -0.05) is 24.3 Å². The topological polar surface area (TPSA) is 126 Å². The Bertz CT molecular complexity index is 949. The average molecular weight is 577 g/mol. The lowest BCUT2D eigenvalue weighted by Crippen LogP contribution is -2.38. The maximum absolute atomic E-state index is 11.3. The number of aliphatic imine (C=N–C) groups is 1. The van der Waals surface area contributed by atoms with Crippen molar-refractivity contribution < 1.29 is 18.3 Å². The van der Waals surface area contributed by atoms with Crippen LogP contribution < -0.4 is 20.5 Å². The fourth-order valence-corrected chi connectivity index (χ4v) is 3.35. The Hall–Kier alpha value is -1.89. The minimum atomic E-state index is -3.68. The predicted octanol–water partition coefficient (Wildman–Crippen LogP) is 2.57. The lowest BCUT2D eigenvalue weighted by atomic mass is 10.1. The molecule has 0 saturated heterocycles. The Morgan fingerprint density at radius 3 is 2.25 bits per heavy atom. The number of hydrogen-bond acceptors (Lipinski definition) is 5. The number of benzene rings is 2. The number of nitrogens with two attached hydrogens (primary N) is 1. The zero-order chi connectivity index (χ0) is 22.9. The third-order valence-corrected chi connectivity index (χ3v) is 5.29. The van der Waals surface area contributed by atoms with Crippen LogP contribution in [0.5, 0.6) is 5.75 Å². The van der Waals surface area contributed by atoms with E-state index in [2.05, 4.69) is 15.6 Å². The normalized spacial score (nSPS) is 12.8. The molecule has 0 aliphatic carbocycles. The van der Waals surface area contributed by atoms with Gasteiger partial charge in [0.05, 0.1) is 23.6 Å². The first-order valence-corrected chi connectivity index (χ1v) is 11.8. The molecule has 178 valence electrons. The number of aliphatic hydroxyl groups is 1. The number of ether oxygens (including phenoxy) is 1. The zero-order valence-electron chi connectivity index (χ0n) is 18.6. The molecule has 8 nitrogen and oxygen atoms in total. The lowest BCUT2D eigenvalue weighted by Gasteiger charge is -2.14. The Morgan fingerprint density at radius 1 is 1.09 bits per heavy atom. The van der Waals surface area contributed by atoms with Crippen molar-refractivity contribution in [2.75, 3.05) is 19.6 Å². The Balaban J connectivity index is 0.00000512. The van der Waals surface area contributed by atoms with Gasteiger partial charge in [0.1, 0.15) is 5.75 Å². The Labute approximate surface area is 207 Å². The van der Waals surface area contributed by atoms with Gasteiger partial charge in [-0.25, -0.2) is 13.6 Å². The average Bonchev–Trinajstić information content (AvgIpc) is 2.71. The van der Waals surface area contributed by atoms with E-state index in [1.165, 1.54) is 12.1 Å². The number of nitrogens with one attached hydrogen (secondary N) is 2. The van der Waals surface area contributed by atoms with E-state index in [9.17, 15) is 13.5 Å². The number of rotatable bonds is 10. The monoisotopic (exact) mass is 576 g/mol. The summed E-state index contributed by atoms with van der Waals surface area (Å²) in [5.41, 5.74) is 1.74. The van der Waals surface area contributed by atoms with Gasteiger partial charge in [0, 0.05) is 13.1 Å². The molecule has 0 saturated carbocycles. The van der Waals surface area contributed by atoms with Gasteiger partial charge in [-0.2, -0.15) is 0 Å². The highest BCUT2D eigenvalue weighted by Crippen LogP contribution is 2.19. The lowest BCUT2D eigenvalue weighted by molar-refractivity contribution is 0.186. The van der Waals surface area contributed by atoms with E-state index in [0.717, 1.165) is 16.9 Å². The highest BCUT2D eigenvalue weighted by Gasteiger charge is 2.09. The molecular formula is C22H33IN4O4S. The van der Waals surface area contributed by atoms with Crippen molar-refractivity contribution in [2.24, 2.45) is 10.1 Å². The summed E-state index contributed by atoms with van der Waals surface area (Å²) >= 11 is 0. The fourth-order valence-electron chi connectivity index (χ4n) is 2.84. The summed E-state index contributed by atoms with van der Waals surface area (Å²) in [6, 6.07) is 13.8. The summed E-state index contributed by atoms with van der Waals surface area (Å²) in [4.78, 5) is 4.55. The first kappa shape index (κ1) is 28.1. The number of primary sulfonamides is 1. The van der Waals surface area contributed by atoms with Crippen molar-refractivity contribution in [2.45, 2.75) is 44.3 Å². The van der Waals surface area contributed by atoms with E-state index in [-0.39, 0.29) is 41.5 Å². The first-order chi connectivity index (χ1) is 14.7. The molecule has 0 spiro atoms. The van der Waals surface area contributed by atoms with Crippen LogP contribution in [-0.2, 0) is 16.4 Å². The number of nitrogens with zero attached hydrogens (tertiary/aromatic N) is 1. The smallest absolute Gasteiger partial charge is 0.238 e. The van der Waals surface area contributed by atoms with Gasteiger partial charge in [0.25, 0.3) is 0 Å². The highest BCUT2D eigenvalue weighted by atomic mass is 127. The predicted molar refractivity (Wildman–Crippen MR) is 138 cm³/mol. The van der Waals surface area contributed by atoms with E-state index < -0.39 is 16.1 Å². The second-order valence-corrected chi connectivity index (χ2v) is 8.90. The van der Waals surface area contributed by atoms with Gasteiger partial charge >= 0.3 is 0 Å². The second-order valence-electron chi connectivity index (χ2n) is 7.34. The molecule has 0 bridgehead atoms. The molecular weight excluding hydrogens is 543 g/mol. The third kappa shape index (κ3) is 9.72. The first-order valence-electron chi connectivity index (χ1n) is 10.3. The van der Waals surface area contributed by atoms with Gasteiger partial charge in [0.15, 0.2) is 5.96 Å². The largest absolute Gasteiger partial charge is 0.491 e. The molecule has 0 aromatic heterocycles. The number of sulfonamides is 1. The molecule has 32 heavy (non-hydrogen) atoms. The molecule has 0 radical (unpaired) electrons. The summed E-state index contributed by atoms with van der Waals surface area (Å²) in [5, 5.41) is 21.9. The number of guanidine groups is 1. The van der Waals surface area contributed by atoms with Crippen molar-refractivity contribution in [1.82, 2.24) is 10.6 Å². The molecule has 5 N–H and O–H groups in total. The maximum Gasteiger partial charge on any atom is 0.238 e. The highest BCUT2D eigenvalue weighted by molar-refractivity contribution is 14.0. The molecule has 2 aromatic rings. The van der Waals surface area contributed by atoms with Crippen LogP contribution in [0.3, 0.4) is 0 Å². The van der Waals surface area contributed by atoms with Crippen molar-refractivity contribution in [3.05, 3.63) is 59.7 Å². The molecule has 1 unspecified atom stereocenters. The minimum Gasteiger partial charge on any atom is -0.491 e. The van der Waals surface area contributed by atoms with Crippen molar-refractivity contribution in [3.63, 3.8) is 0 Å². The molecule has 0 heterocycles. The molecule has 0 fully saturated rings. The number of hydrogen-bond donors (Lipinski definition) is 4. The molecule has 2 aromatic carbocycles. The summed E-state index contributed by atoms with van der Waals surface area (Å²) in [5.74, 6) is 1.36. The van der Waals surface area contributed by atoms with E-state index in [1.54, 1.807) is 12.1 Å². The SMILES string of the molecule is CCNC(=NCC(O)c1ccc(OC(C)C)cc1)NCCc1ccc(S(N)(=O)=O)cc1.I. The van der Waals surface area contributed by atoms with Crippen LogP contribution in [0, 0.1) is 0 Å². The molecule has 10 heteroatoms. The van der Waals surface area contributed by atoms with Gasteiger partial charge in [-0.15, -0.1) is 24.0 Å². The van der Waals surface area contributed by atoms with Crippen LogP contribution in [0.4, 0.5) is 0 Å². The van der Waals surface area contributed by atoms with Crippen molar-refractivity contribution in [3.8, 4) is 5.75 Å². The van der Waals surface area contributed by atoms with Crippen LogP contribution >= 0.6 is 24.0 Å². The Morgan fingerprint density at radius 2 is 1.72 bits per heavy atom. The molecule has 0 aliphatic rings. The van der Waals surface area contributed by atoms with Gasteiger partial charge in [0.2, 0.25) is 10.0 Å². The standard InChI is InChI=1S/C22H32N4O4S.HI/c1-4-24-22(25-14-13-17-5-11-20(12-6-17)31(23,28)29)26-15-21(27)18-7-9-19(10-8-18)30-16(2)3;/h5-12,16,21,27H,4,13-15H2,1-3H3,(H2,23,28,29)(H2,24,25,26);1H. The fraction of sp³-hybridized carbons (Fsp3) is 0.409. The van der Waals surface area contributed by atoms with E-state index in [4.69, 9.17) is 9.88 Å². The van der Waals surface area contributed by atoms with Crippen molar-refractivity contribution >= 4 is 40.0 Å².